The molecule has 0 saturated carbocycles. The van der Waals surface area contributed by atoms with E-state index in [1.165, 1.54) is 0 Å². The number of nitrogens with two attached hydrogens (primary N) is 1. The van der Waals surface area contributed by atoms with Gasteiger partial charge < -0.3 is 16.2 Å². The molecule has 0 aromatic carbocycles. The Morgan fingerprint density at radius 2 is 2.15 bits per heavy atom. The molecule has 72 valence electrons. The van der Waals surface area contributed by atoms with E-state index in [2.05, 4.69) is 20.3 Å². The van der Waals surface area contributed by atoms with E-state index in [4.69, 9.17) is 10.8 Å². The topological polar surface area (TPSA) is 97.0 Å². The molecule has 4 N–H and O–H groups in total. The van der Waals surface area contributed by atoms with E-state index >= 15 is 0 Å². The molecular formula is C7H13N5O. The first-order valence-corrected chi connectivity index (χ1v) is 3.97. The first-order chi connectivity index (χ1) is 6.11. The number of nitrogens with one attached hydrogen (secondary N) is 1. The lowest BCUT2D eigenvalue weighted by molar-refractivity contribution is 0.281. The van der Waals surface area contributed by atoms with Crippen molar-refractivity contribution in [2.75, 3.05) is 17.7 Å². The van der Waals surface area contributed by atoms with Crippen molar-refractivity contribution in [1.29, 1.82) is 0 Å². The van der Waals surface area contributed by atoms with Crippen molar-refractivity contribution < 1.29 is 5.11 Å². The number of hydrogen-bond acceptors (Lipinski definition) is 6. The summed E-state index contributed by atoms with van der Waals surface area (Å²) in [5, 5.41) is 11.7. The van der Waals surface area contributed by atoms with Crippen LogP contribution in [0.1, 0.15) is 12.7 Å². The first-order valence-electron chi connectivity index (χ1n) is 3.97. The average Bonchev–Trinajstić information content (AvgIpc) is 2.02. The Bertz CT molecular complexity index is 270. The summed E-state index contributed by atoms with van der Waals surface area (Å²) in [6, 6.07) is -0.0961. The van der Waals surface area contributed by atoms with Crippen LogP contribution < -0.4 is 11.1 Å². The molecule has 1 aromatic rings. The fraction of sp³-hybridized carbons (Fsp3) is 0.571. The van der Waals surface area contributed by atoms with Gasteiger partial charge in [-0.1, -0.05) is 0 Å². The van der Waals surface area contributed by atoms with E-state index in [9.17, 15) is 0 Å². The minimum absolute atomic E-state index is 0.0185. The summed E-state index contributed by atoms with van der Waals surface area (Å²) in [7, 11) is 0. The number of rotatable bonds is 3. The summed E-state index contributed by atoms with van der Waals surface area (Å²) in [4.78, 5) is 11.7. The molecule has 0 fully saturated rings. The number of aromatic nitrogens is 3. The van der Waals surface area contributed by atoms with Gasteiger partial charge in [-0.05, 0) is 13.8 Å². The molecule has 0 aliphatic heterocycles. The Hall–Kier alpha value is -1.43. The van der Waals surface area contributed by atoms with Crippen LogP contribution >= 0.6 is 0 Å². The monoisotopic (exact) mass is 183 g/mol. The van der Waals surface area contributed by atoms with Gasteiger partial charge >= 0.3 is 0 Å². The SMILES string of the molecule is Cc1nc(N)nc(NC(C)CO)n1. The van der Waals surface area contributed by atoms with E-state index in [1.807, 2.05) is 6.92 Å². The van der Waals surface area contributed by atoms with Crippen LogP contribution in [0.3, 0.4) is 0 Å². The van der Waals surface area contributed by atoms with Gasteiger partial charge in [0, 0.05) is 6.04 Å². The largest absolute Gasteiger partial charge is 0.394 e. The molecule has 1 aromatic heterocycles. The Labute approximate surface area is 76.2 Å². The van der Waals surface area contributed by atoms with Crippen LogP contribution in [0.25, 0.3) is 0 Å². The molecule has 0 spiro atoms. The van der Waals surface area contributed by atoms with Crippen LogP contribution in [0.2, 0.25) is 0 Å². The number of aliphatic hydroxyl groups is 1. The zero-order valence-corrected chi connectivity index (χ0v) is 7.65. The quantitative estimate of drug-likeness (QED) is 0.587. The first kappa shape index (κ1) is 9.66. The highest BCUT2D eigenvalue weighted by Crippen LogP contribution is 2.02. The average molecular weight is 183 g/mol. The van der Waals surface area contributed by atoms with Gasteiger partial charge in [0.15, 0.2) is 0 Å². The van der Waals surface area contributed by atoms with Gasteiger partial charge in [-0.2, -0.15) is 15.0 Å². The van der Waals surface area contributed by atoms with Crippen LogP contribution in [0.4, 0.5) is 11.9 Å². The van der Waals surface area contributed by atoms with Crippen LogP contribution in [0, 0.1) is 6.92 Å². The third kappa shape index (κ3) is 2.83. The molecule has 1 rings (SSSR count). The van der Waals surface area contributed by atoms with Gasteiger partial charge in [0.25, 0.3) is 0 Å². The van der Waals surface area contributed by atoms with Gasteiger partial charge in [-0.3, -0.25) is 0 Å². The van der Waals surface area contributed by atoms with E-state index in [0.717, 1.165) is 0 Å². The second-order valence-electron chi connectivity index (χ2n) is 2.79. The fourth-order valence-electron chi connectivity index (χ4n) is 0.833. The lowest BCUT2D eigenvalue weighted by Gasteiger charge is -2.10. The maximum absolute atomic E-state index is 8.77. The predicted molar refractivity (Wildman–Crippen MR) is 49.1 cm³/mol. The second kappa shape index (κ2) is 3.99. The second-order valence-corrected chi connectivity index (χ2v) is 2.79. The Morgan fingerprint density at radius 1 is 1.46 bits per heavy atom. The van der Waals surface area contributed by atoms with Crippen molar-refractivity contribution in [3.63, 3.8) is 0 Å². The molecule has 0 aliphatic carbocycles. The predicted octanol–water partition coefficient (Wildman–Crippen LogP) is -0.445. The summed E-state index contributed by atoms with van der Waals surface area (Å²) in [5.41, 5.74) is 5.41. The number of aliphatic hydroxyl groups excluding tert-OH is 1. The van der Waals surface area contributed by atoms with Crippen molar-refractivity contribution in [3.8, 4) is 0 Å². The molecule has 1 heterocycles. The third-order valence-electron chi connectivity index (χ3n) is 1.41. The maximum atomic E-state index is 8.77. The van der Waals surface area contributed by atoms with E-state index in [1.54, 1.807) is 6.92 Å². The summed E-state index contributed by atoms with van der Waals surface area (Å²) >= 11 is 0. The van der Waals surface area contributed by atoms with Gasteiger partial charge in [-0.25, -0.2) is 0 Å². The van der Waals surface area contributed by atoms with E-state index < -0.39 is 0 Å². The van der Waals surface area contributed by atoms with Gasteiger partial charge in [0.1, 0.15) is 5.82 Å². The molecule has 13 heavy (non-hydrogen) atoms. The number of aryl methyl sites for hydroxylation is 1. The van der Waals surface area contributed by atoms with E-state index in [0.29, 0.717) is 11.8 Å². The van der Waals surface area contributed by atoms with Gasteiger partial charge in [0.2, 0.25) is 11.9 Å². The summed E-state index contributed by atoms with van der Waals surface area (Å²) in [6.45, 7) is 3.56. The van der Waals surface area contributed by atoms with Gasteiger partial charge in [-0.15, -0.1) is 0 Å². The molecule has 1 atom stereocenters. The molecule has 6 heteroatoms. The molecule has 1 unspecified atom stereocenters. The van der Waals surface area contributed by atoms with Crippen molar-refractivity contribution in [2.24, 2.45) is 0 Å². The lowest BCUT2D eigenvalue weighted by Crippen LogP contribution is -2.21. The number of nitrogen functional groups attached to an aromatic ring is 1. The van der Waals surface area contributed by atoms with Gasteiger partial charge in [0.05, 0.1) is 6.61 Å². The number of nitrogens with zero attached hydrogens (tertiary/aromatic N) is 3. The Morgan fingerprint density at radius 3 is 2.69 bits per heavy atom. The van der Waals surface area contributed by atoms with E-state index in [-0.39, 0.29) is 18.6 Å². The molecule has 0 aliphatic rings. The summed E-state index contributed by atoms with van der Waals surface area (Å²) in [6.07, 6.45) is 0. The minimum Gasteiger partial charge on any atom is -0.394 e. The van der Waals surface area contributed by atoms with Crippen LogP contribution in [-0.2, 0) is 0 Å². The fourth-order valence-corrected chi connectivity index (χ4v) is 0.833. The summed E-state index contributed by atoms with van der Waals surface area (Å²) in [5.74, 6) is 1.13. The minimum atomic E-state index is -0.0961. The molecule has 0 saturated heterocycles. The zero-order chi connectivity index (χ0) is 9.84. The molecular weight excluding hydrogens is 170 g/mol. The lowest BCUT2D eigenvalue weighted by atomic mass is 10.4. The Kier molecular flexibility index (Phi) is 2.97. The zero-order valence-electron chi connectivity index (χ0n) is 7.65. The van der Waals surface area contributed by atoms with Crippen LogP contribution in [0.15, 0.2) is 0 Å². The van der Waals surface area contributed by atoms with Crippen LogP contribution in [-0.4, -0.2) is 32.7 Å². The van der Waals surface area contributed by atoms with Crippen molar-refractivity contribution >= 4 is 11.9 Å². The highest BCUT2D eigenvalue weighted by molar-refractivity contribution is 5.31. The number of hydrogen-bond donors (Lipinski definition) is 3. The molecule has 0 bridgehead atoms. The maximum Gasteiger partial charge on any atom is 0.228 e. The smallest absolute Gasteiger partial charge is 0.228 e. The summed E-state index contributed by atoms with van der Waals surface area (Å²) < 4.78 is 0. The molecule has 0 amide bonds. The van der Waals surface area contributed by atoms with Crippen LogP contribution in [0.5, 0.6) is 0 Å². The van der Waals surface area contributed by atoms with Crippen molar-refractivity contribution in [2.45, 2.75) is 19.9 Å². The molecule has 6 nitrogen and oxygen atoms in total. The Balaban J connectivity index is 2.77. The highest BCUT2D eigenvalue weighted by Gasteiger charge is 2.04. The van der Waals surface area contributed by atoms with Crippen molar-refractivity contribution in [1.82, 2.24) is 15.0 Å². The standard InChI is InChI=1S/C7H13N5O/c1-4(3-13)9-7-11-5(2)10-6(8)12-7/h4,13H,3H2,1-2H3,(H3,8,9,10,11,12). The third-order valence-corrected chi connectivity index (χ3v) is 1.41. The highest BCUT2D eigenvalue weighted by atomic mass is 16.3. The van der Waals surface area contributed by atoms with Crippen molar-refractivity contribution in [3.05, 3.63) is 5.82 Å². The molecule has 0 radical (unpaired) electrons. The number of anilines is 2. The normalized spacial score (nSPS) is 12.5.